The van der Waals surface area contributed by atoms with E-state index in [1.807, 2.05) is 46.1 Å². The number of hydrogen-bond acceptors (Lipinski definition) is 3. The predicted molar refractivity (Wildman–Crippen MR) is 83.3 cm³/mol. The summed E-state index contributed by atoms with van der Waals surface area (Å²) >= 11 is 0. The molecule has 1 aromatic rings. The average molecular weight is 277 g/mol. The van der Waals surface area contributed by atoms with E-state index in [9.17, 15) is 4.79 Å². The maximum Gasteiger partial charge on any atom is 0.237 e. The van der Waals surface area contributed by atoms with Gasteiger partial charge in [0.25, 0.3) is 0 Å². The zero-order chi connectivity index (χ0) is 15.1. The molecule has 3 N–H and O–H groups in total. The van der Waals surface area contributed by atoms with Crippen molar-refractivity contribution in [2.75, 3.05) is 20.6 Å². The van der Waals surface area contributed by atoms with Gasteiger partial charge in [0, 0.05) is 6.54 Å². The number of nitrogens with one attached hydrogen (secondary N) is 1. The monoisotopic (exact) mass is 277 g/mol. The van der Waals surface area contributed by atoms with Crippen molar-refractivity contribution in [1.29, 1.82) is 0 Å². The number of nitrogens with zero attached hydrogens (tertiary/aromatic N) is 1. The summed E-state index contributed by atoms with van der Waals surface area (Å²) in [4.78, 5) is 14.1. The minimum absolute atomic E-state index is 0.0675. The Morgan fingerprint density at radius 2 is 1.90 bits per heavy atom. The molecule has 1 rings (SSSR count). The predicted octanol–water partition coefficient (Wildman–Crippen LogP) is 1.78. The summed E-state index contributed by atoms with van der Waals surface area (Å²) in [6.07, 6.45) is 0.907. The second-order valence-electron chi connectivity index (χ2n) is 5.55. The SMILES string of the molecule is CCC(C)[C@H](N)C(=O)NCC(c1ccccc1)N(C)C. The van der Waals surface area contributed by atoms with Gasteiger partial charge in [0.05, 0.1) is 12.1 Å². The first-order valence-electron chi connectivity index (χ1n) is 7.22. The lowest BCUT2D eigenvalue weighted by Gasteiger charge is -2.26. The number of carbonyl (C=O) groups excluding carboxylic acids is 1. The van der Waals surface area contributed by atoms with Crippen molar-refractivity contribution in [3.8, 4) is 0 Å². The largest absolute Gasteiger partial charge is 0.353 e. The minimum atomic E-state index is -0.432. The third-order valence-corrected chi connectivity index (χ3v) is 3.84. The van der Waals surface area contributed by atoms with Crippen LogP contribution in [0.25, 0.3) is 0 Å². The van der Waals surface area contributed by atoms with Crippen molar-refractivity contribution in [3.05, 3.63) is 35.9 Å². The van der Waals surface area contributed by atoms with E-state index in [4.69, 9.17) is 5.73 Å². The van der Waals surface area contributed by atoms with E-state index in [-0.39, 0.29) is 17.9 Å². The van der Waals surface area contributed by atoms with Crippen LogP contribution in [0.2, 0.25) is 0 Å². The van der Waals surface area contributed by atoms with Crippen LogP contribution < -0.4 is 11.1 Å². The minimum Gasteiger partial charge on any atom is -0.353 e. The van der Waals surface area contributed by atoms with E-state index >= 15 is 0 Å². The molecule has 1 aromatic carbocycles. The molecular formula is C16H27N3O. The molecule has 0 saturated heterocycles. The fourth-order valence-electron chi connectivity index (χ4n) is 2.10. The Hall–Kier alpha value is -1.39. The molecule has 0 bridgehead atoms. The highest BCUT2D eigenvalue weighted by Crippen LogP contribution is 2.16. The molecule has 2 unspecified atom stereocenters. The van der Waals surface area contributed by atoms with Gasteiger partial charge in [0.2, 0.25) is 5.91 Å². The van der Waals surface area contributed by atoms with E-state index in [0.717, 1.165) is 6.42 Å². The standard InChI is InChI=1S/C16H27N3O/c1-5-12(2)15(17)16(20)18-11-14(19(3)4)13-9-7-6-8-10-13/h6-10,12,14-15H,5,11,17H2,1-4H3,(H,18,20)/t12?,14?,15-/m0/s1. The van der Waals surface area contributed by atoms with E-state index < -0.39 is 6.04 Å². The quantitative estimate of drug-likeness (QED) is 0.798. The molecule has 4 nitrogen and oxygen atoms in total. The van der Waals surface area contributed by atoms with Crippen molar-refractivity contribution >= 4 is 5.91 Å². The van der Waals surface area contributed by atoms with Crippen LogP contribution in [-0.4, -0.2) is 37.5 Å². The highest BCUT2D eigenvalue weighted by molar-refractivity contribution is 5.81. The lowest BCUT2D eigenvalue weighted by atomic mass is 9.99. The average Bonchev–Trinajstić information content (AvgIpc) is 2.46. The lowest BCUT2D eigenvalue weighted by molar-refractivity contribution is -0.123. The Morgan fingerprint density at radius 1 is 1.30 bits per heavy atom. The Kier molecular flexibility index (Phi) is 6.68. The van der Waals surface area contributed by atoms with Gasteiger partial charge in [-0.05, 0) is 25.6 Å². The molecule has 0 fully saturated rings. The number of likely N-dealkylation sites (N-methyl/N-ethyl adjacent to an activating group) is 1. The summed E-state index contributed by atoms with van der Waals surface area (Å²) in [5.74, 6) is 0.131. The molecule has 0 heterocycles. The molecule has 0 spiro atoms. The summed E-state index contributed by atoms with van der Waals surface area (Å²) < 4.78 is 0. The fourth-order valence-corrected chi connectivity index (χ4v) is 2.10. The van der Waals surface area contributed by atoms with Gasteiger partial charge < -0.3 is 16.0 Å². The van der Waals surface area contributed by atoms with Crippen LogP contribution >= 0.6 is 0 Å². The number of rotatable bonds is 7. The Balaban J connectivity index is 2.63. The van der Waals surface area contributed by atoms with Gasteiger partial charge in [-0.2, -0.15) is 0 Å². The Bertz CT molecular complexity index is 405. The van der Waals surface area contributed by atoms with Crippen molar-refractivity contribution in [2.24, 2.45) is 11.7 Å². The van der Waals surface area contributed by atoms with Crippen LogP contribution in [0.5, 0.6) is 0 Å². The number of nitrogens with two attached hydrogens (primary N) is 1. The molecule has 20 heavy (non-hydrogen) atoms. The number of carbonyl (C=O) groups is 1. The van der Waals surface area contributed by atoms with Crippen molar-refractivity contribution in [3.63, 3.8) is 0 Å². The van der Waals surface area contributed by atoms with Gasteiger partial charge in [-0.3, -0.25) is 4.79 Å². The van der Waals surface area contributed by atoms with Crippen LogP contribution in [0.4, 0.5) is 0 Å². The molecule has 0 radical (unpaired) electrons. The molecule has 0 aromatic heterocycles. The molecule has 0 aliphatic carbocycles. The molecule has 3 atom stereocenters. The number of hydrogen-bond donors (Lipinski definition) is 2. The first-order valence-corrected chi connectivity index (χ1v) is 7.22. The smallest absolute Gasteiger partial charge is 0.237 e. The zero-order valence-corrected chi connectivity index (χ0v) is 13.0. The molecule has 4 heteroatoms. The zero-order valence-electron chi connectivity index (χ0n) is 13.0. The van der Waals surface area contributed by atoms with Crippen LogP contribution in [0, 0.1) is 5.92 Å². The Morgan fingerprint density at radius 3 is 2.40 bits per heavy atom. The number of benzene rings is 1. The lowest BCUT2D eigenvalue weighted by Crippen LogP contribution is -2.46. The second kappa shape index (κ2) is 8.02. The van der Waals surface area contributed by atoms with Crippen molar-refractivity contribution in [1.82, 2.24) is 10.2 Å². The Labute approximate surface area is 122 Å². The van der Waals surface area contributed by atoms with Crippen LogP contribution in [0.1, 0.15) is 31.9 Å². The van der Waals surface area contributed by atoms with E-state index in [1.54, 1.807) is 0 Å². The fraction of sp³-hybridized carbons (Fsp3) is 0.562. The summed E-state index contributed by atoms with van der Waals surface area (Å²) in [5.41, 5.74) is 7.14. The van der Waals surface area contributed by atoms with Crippen LogP contribution in [0.15, 0.2) is 30.3 Å². The topological polar surface area (TPSA) is 58.4 Å². The van der Waals surface area contributed by atoms with Crippen LogP contribution in [-0.2, 0) is 4.79 Å². The maximum atomic E-state index is 12.0. The third kappa shape index (κ3) is 4.62. The highest BCUT2D eigenvalue weighted by Gasteiger charge is 2.21. The summed E-state index contributed by atoms with van der Waals surface area (Å²) in [6.45, 7) is 4.62. The maximum absolute atomic E-state index is 12.0. The highest BCUT2D eigenvalue weighted by atomic mass is 16.2. The van der Waals surface area contributed by atoms with Crippen LogP contribution in [0.3, 0.4) is 0 Å². The van der Waals surface area contributed by atoms with Crippen molar-refractivity contribution in [2.45, 2.75) is 32.4 Å². The van der Waals surface area contributed by atoms with Crippen molar-refractivity contribution < 1.29 is 4.79 Å². The molecule has 0 aliphatic heterocycles. The molecule has 0 saturated carbocycles. The van der Waals surface area contributed by atoms with Gasteiger partial charge in [-0.15, -0.1) is 0 Å². The van der Waals surface area contributed by atoms with Gasteiger partial charge in [0.15, 0.2) is 0 Å². The summed E-state index contributed by atoms with van der Waals surface area (Å²) in [5, 5.41) is 2.97. The molecule has 112 valence electrons. The second-order valence-corrected chi connectivity index (χ2v) is 5.55. The van der Waals surface area contributed by atoms with E-state index in [1.165, 1.54) is 5.56 Å². The summed E-state index contributed by atoms with van der Waals surface area (Å²) in [7, 11) is 4.02. The van der Waals surface area contributed by atoms with Gasteiger partial charge in [-0.1, -0.05) is 50.6 Å². The third-order valence-electron chi connectivity index (χ3n) is 3.84. The first kappa shape index (κ1) is 16.7. The number of amides is 1. The molecular weight excluding hydrogens is 250 g/mol. The van der Waals surface area contributed by atoms with Gasteiger partial charge in [0.1, 0.15) is 0 Å². The normalized spacial score (nSPS) is 15.7. The first-order chi connectivity index (χ1) is 9.47. The molecule has 0 aliphatic rings. The van der Waals surface area contributed by atoms with E-state index in [0.29, 0.717) is 6.54 Å². The van der Waals surface area contributed by atoms with Gasteiger partial charge >= 0.3 is 0 Å². The van der Waals surface area contributed by atoms with E-state index in [2.05, 4.69) is 22.3 Å². The molecule has 1 amide bonds. The summed E-state index contributed by atoms with van der Waals surface area (Å²) in [6, 6.07) is 9.89. The van der Waals surface area contributed by atoms with Gasteiger partial charge in [-0.25, -0.2) is 0 Å².